The average Bonchev–Trinajstić information content (AvgIpc) is 2.90. The third kappa shape index (κ3) is 6.09. The van der Waals surface area contributed by atoms with Crippen LogP contribution in [0.25, 0.3) is 21.8 Å². The number of Topliss-reactive ketones (excluding diaryl/α,β-unsaturated/α-hetero) is 1. The fraction of sp³-hybridized carbons (Fsp3) is 0.250. The molecular weight excluding hydrogens is 456 g/mol. The van der Waals surface area contributed by atoms with Gasteiger partial charge in [-0.15, -0.1) is 0 Å². The summed E-state index contributed by atoms with van der Waals surface area (Å²) in [5.41, 5.74) is 2.37. The lowest BCUT2D eigenvalue weighted by Gasteiger charge is -2.18. The molecule has 8 nitrogen and oxygen atoms in total. The number of nitrogens with one attached hydrogen (secondary N) is 2. The molecule has 8 heteroatoms. The highest BCUT2D eigenvalue weighted by Gasteiger charge is 2.27. The predicted molar refractivity (Wildman–Crippen MR) is 139 cm³/mol. The number of aromatic nitrogens is 2. The summed E-state index contributed by atoms with van der Waals surface area (Å²) in [4.78, 5) is 46.8. The number of unbranched alkanes of at least 4 members (excludes halogenated alkanes) is 2. The SMILES string of the molecule is O=C(CO)CCCCCC(C(=O)Nc1cccc2cccnc12)C(=O)Nc1cccc2cccnc12. The molecule has 0 fully saturated rings. The maximum absolute atomic E-state index is 13.4. The highest BCUT2D eigenvalue weighted by atomic mass is 16.3. The van der Waals surface area contributed by atoms with Crippen LogP contribution >= 0.6 is 0 Å². The molecule has 0 unspecified atom stereocenters. The normalized spacial score (nSPS) is 11.1. The van der Waals surface area contributed by atoms with Gasteiger partial charge in [-0.25, -0.2) is 0 Å². The summed E-state index contributed by atoms with van der Waals surface area (Å²) in [6, 6.07) is 18.4. The Bertz CT molecular complexity index is 1280. The second kappa shape index (κ2) is 12.0. The van der Waals surface area contributed by atoms with Crippen molar-refractivity contribution in [3.63, 3.8) is 0 Å². The van der Waals surface area contributed by atoms with Crippen molar-refractivity contribution < 1.29 is 19.5 Å². The molecule has 36 heavy (non-hydrogen) atoms. The summed E-state index contributed by atoms with van der Waals surface area (Å²) in [5.74, 6) is -2.03. The topological polar surface area (TPSA) is 121 Å². The molecule has 2 aromatic carbocycles. The number of hydrogen-bond donors (Lipinski definition) is 3. The van der Waals surface area contributed by atoms with Gasteiger partial charge in [0, 0.05) is 29.6 Å². The molecule has 0 spiro atoms. The Labute approximate surface area is 208 Å². The molecule has 0 atom stereocenters. The van der Waals surface area contributed by atoms with Gasteiger partial charge in [-0.3, -0.25) is 24.4 Å². The zero-order valence-electron chi connectivity index (χ0n) is 19.8. The number of nitrogens with zero attached hydrogens (tertiary/aromatic N) is 2. The van der Waals surface area contributed by atoms with Crippen LogP contribution in [0.15, 0.2) is 73.1 Å². The van der Waals surface area contributed by atoms with Crippen molar-refractivity contribution in [2.24, 2.45) is 5.92 Å². The number of ketones is 1. The number of carbonyl (C=O) groups is 3. The largest absolute Gasteiger partial charge is 0.389 e. The summed E-state index contributed by atoms with van der Waals surface area (Å²) in [5, 5.41) is 16.4. The molecule has 2 heterocycles. The first kappa shape index (κ1) is 24.9. The molecule has 0 saturated heterocycles. The smallest absolute Gasteiger partial charge is 0.237 e. The van der Waals surface area contributed by atoms with Crippen molar-refractivity contribution in [1.29, 1.82) is 0 Å². The number of pyridine rings is 2. The number of amides is 2. The van der Waals surface area contributed by atoms with Crippen molar-refractivity contribution in [1.82, 2.24) is 9.97 Å². The lowest BCUT2D eigenvalue weighted by molar-refractivity contribution is -0.129. The summed E-state index contributed by atoms with van der Waals surface area (Å²) >= 11 is 0. The molecule has 0 aliphatic carbocycles. The third-order valence-corrected chi connectivity index (χ3v) is 6.04. The molecule has 184 valence electrons. The van der Waals surface area contributed by atoms with Crippen LogP contribution < -0.4 is 10.6 Å². The monoisotopic (exact) mass is 484 g/mol. The van der Waals surface area contributed by atoms with E-state index in [-0.39, 0.29) is 12.2 Å². The number of benzene rings is 2. The Morgan fingerprint density at radius 2 is 1.25 bits per heavy atom. The zero-order chi connectivity index (χ0) is 25.3. The molecule has 4 aromatic rings. The van der Waals surface area contributed by atoms with Crippen molar-refractivity contribution in [3.8, 4) is 0 Å². The van der Waals surface area contributed by atoms with Crippen LogP contribution in [0.1, 0.15) is 32.1 Å². The van der Waals surface area contributed by atoms with Gasteiger partial charge in [-0.2, -0.15) is 0 Å². The van der Waals surface area contributed by atoms with E-state index in [0.717, 1.165) is 10.8 Å². The predicted octanol–water partition coefficient (Wildman–Crippen LogP) is 4.49. The third-order valence-electron chi connectivity index (χ3n) is 6.04. The van der Waals surface area contributed by atoms with Gasteiger partial charge in [0.1, 0.15) is 12.5 Å². The van der Waals surface area contributed by atoms with E-state index in [4.69, 9.17) is 5.11 Å². The molecule has 3 N–H and O–H groups in total. The van der Waals surface area contributed by atoms with Crippen molar-refractivity contribution >= 4 is 50.8 Å². The highest BCUT2D eigenvalue weighted by Crippen LogP contribution is 2.25. The maximum atomic E-state index is 13.4. The van der Waals surface area contributed by atoms with Crippen LogP contribution in [0.2, 0.25) is 0 Å². The van der Waals surface area contributed by atoms with E-state index in [9.17, 15) is 14.4 Å². The second-order valence-electron chi connectivity index (χ2n) is 8.59. The minimum Gasteiger partial charge on any atom is -0.389 e. The van der Waals surface area contributed by atoms with Gasteiger partial charge >= 0.3 is 0 Å². The van der Waals surface area contributed by atoms with Gasteiger partial charge in [-0.1, -0.05) is 49.2 Å². The summed E-state index contributed by atoms with van der Waals surface area (Å²) in [7, 11) is 0. The minimum absolute atomic E-state index is 0.214. The van der Waals surface area contributed by atoms with Crippen molar-refractivity contribution in [2.45, 2.75) is 32.1 Å². The van der Waals surface area contributed by atoms with Crippen LogP contribution in [0, 0.1) is 5.92 Å². The molecule has 0 radical (unpaired) electrons. The van der Waals surface area contributed by atoms with E-state index in [1.807, 2.05) is 48.5 Å². The summed E-state index contributed by atoms with van der Waals surface area (Å²) in [6.07, 6.45) is 5.73. The fourth-order valence-corrected chi connectivity index (χ4v) is 4.16. The van der Waals surface area contributed by atoms with Gasteiger partial charge in [-0.05, 0) is 37.1 Å². The number of para-hydroxylation sites is 2. The lowest BCUT2D eigenvalue weighted by Crippen LogP contribution is -2.34. The van der Waals surface area contributed by atoms with Crippen LogP contribution in [-0.2, 0) is 14.4 Å². The molecule has 4 rings (SSSR count). The number of anilines is 2. The van der Waals surface area contributed by atoms with E-state index in [1.165, 1.54) is 0 Å². The van der Waals surface area contributed by atoms with Crippen LogP contribution in [-0.4, -0.2) is 39.3 Å². The Morgan fingerprint density at radius 1 is 0.722 bits per heavy atom. The van der Waals surface area contributed by atoms with Crippen LogP contribution in [0.4, 0.5) is 11.4 Å². The molecule has 2 amide bonds. The van der Waals surface area contributed by atoms with E-state index in [1.54, 1.807) is 24.5 Å². The minimum atomic E-state index is -0.962. The molecule has 0 saturated carbocycles. The maximum Gasteiger partial charge on any atom is 0.237 e. The molecule has 0 aliphatic rings. The first-order valence-electron chi connectivity index (χ1n) is 12.0. The van der Waals surface area contributed by atoms with E-state index in [0.29, 0.717) is 48.1 Å². The molecule has 2 aromatic heterocycles. The van der Waals surface area contributed by atoms with E-state index >= 15 is 0 Å². The van der Waals surface area contributed by atoms with Gasteiger partial charge in [0.15, 0.2) is 5.78 Å². The number of hydrogen-bond acceptors (Lipinski definition) is 6. The second-order valence-corrected chi connectivity index (χ2v) is 8.59. The molecular formula is C28H28N4O4. The average molecular weight is 485 g/mol. The number of rotatable bonds is 11. The van der Waals surface area contributed by atoms with Gasteiger partial charge in [0.05, 0.1) is 22.4 Å². The van der Waals surface area contributed by atoms with E-state index in [2.05, 4.69) is 20.6 Å². The quantitative estimate of drug-likeness (QED) is 0.213. The summed E-state index contributed by atoms with van der Waals surface area (Å²) < 4.78 is 0. The van der Waals surface area contributed by atoms with Crippen molar-refractivity contribution in [2.75, 3.05) is 17.2 Å². The molecule has 0 aliphatic heterocycles. The Hall–Kier alpha value is -4.17. The molecule has 0 bridgehead atoms. The Morgan fingerprint density at radius 3 is 1.78 bits per heavy atom. The van der Waals surface area contributed by atoms with Crippen LogP contribution in [0.5, 0.6) is 0 Å². The first-order valence-corrected chi connectivity index (χ1v) is 12.0. The van der Waals surface area contributed by atoms with Gasteiger partial charge < -0.3 is 15.7 Å². The number of aliphatic hydroxyl groups is 1. The zero-order valence-corrected chi connectivity index (χ0v) is 19.8. The number of carbonyl (C=O) groups excluding carboxylic acids is 3. The van der Waals surface area contributed by atoms with Gasteiger partial charge in [0.25, 0.3) is 0 Å². The highest BCUT2D eigenvalue weighted by molar-refractivity contribution is 6.14. The standard InChI is InChI=1S/C28H28N4O4/c33-18-21(34)12-2-1-3-13-22(27(35)31-23-14-4-8-19-10-6-16-29-25(19)23)28(36)32-24-15-5-9-20-11-7-17-30-26(20)24/h4-11,14-17,22,33H,1-3,12-13,18H2,(H,31,35)(H,32,36). The van der Waals surface area contributed by atoms with Gasteiger partial charge in [0.2, 0.25) is 11.8 Å². The Balaban J connectivity index is 1.52. The first-order chi connectivity index (χ1) is 17.6. The number of aliphatic hydroxyl groups excluding tert-OH is 1. The fourth-order valence-electron chi connectivity index (χ4n) is 4.16. The number of fused-ring (bicyclic) bond motifs is 2. The van der Waals surface area contributed by atoms with E-state index < -0.39 is 24.3 Å². The Kier molecular flexibility index (Phi) is 8.31. The van der Waals surface area contributed by atoms with Crippen LogP contribution in [0.3, 0.4) is 0 Å². The summed E-state index contributed by atoms with van der Waals surface area (Å²) in [6.45, 7) is -0.467. The lowest BCUT2D eigenvalue weighted by atomic mass is 9.97. The van der Waals surface area contributed by atoms with Crippen molar-refractivity contribution in [3.05, 3.63) is 73.1 Å².